The fourth-order valence-electron chi connectivity index (χ4n) is 2.54. The van der Waals surface area contributed by atoms with Gasteiger partial charge in [0.05, 0.1) is 6.20 Å². The van der Waals surface area contributed by atoms with Gasteiger partial charge in [0.25, 0.3) is 10.2 Å². The minimum absolute atomic E-state index is 0.125. The second-order valence-corrected chi connectivity index (χ2v) is 9.11. The Morgan fingerprint density at radius 2 is 1.57 bits per heavy atom. The molecule has 11 heteroatoms. The van der Waals surface area contributed by atoms with Gasteiger partial charge in [-0.05, 0) is 0 Å². The molecular weight excluding hydrogens is 342 g/mol. The zero-order valence-electron chi connectivity index (χ0n) is 13.6. The van der Waals surface area contributed by atoms with Crippen LogP contribution < -0.4 is 0 Å². The third-order valence-electron chi connectivity index (χ3n) is 3.87. The Morgan fingerprint density at radius 3 is 2.00 bits per heavy atom. The molecule has 2 rings (SSSR count). The van der Waals surface area contributed by atoms with Crippen LogP contribution in [0, 0.1) is 0 Å². The minimum Gasteiger partial charge on any atom is -0.274 e. The predicted molar refractivity (Wildman–Crippen MR) is 85.4 cm³/mol. The van der Waals surface area contributed by atoms with Crippen LogP contribution in [-0.2, 0) is 27.3 Å². The lowest BCUT2D eigenvalue weighted by Crippen LogP contribution is -2.54. The summed E-state index contributed by atoms with van der Waals surface area (Å²) in [6, 6.07) is 0. The van der Waals surface area contributed by atoms with Crippen LogP contribution in [-0.4, -0.2) is 78.8 Å². The molecule has 0 spiro atoms. The predicted octanol–water partition coefficient (Wildman–Crippen LogP) is -0.687. The number of hydrogen-bond acceptors (Lipinski definition) is 5. The van der Waals surface area contributed by atoms with Crippen molar-refractivity contribution in [2.45, 2.75) is 18.7 Å². The first kappa shape index (κ1) is 18.3. The van der Waals surface area contributed by atoms with Gasteiger partial charge in [0.1, 0.15) is 4.90 Å². The van der Waals surface area contributed by atoms with Gasteiger partial charge in [-0.15, -0.1) is 0 Å². The average molecular weight is 365 g/mol. The molecule has 1 aromatic heterocycles. The van der Waals surface area contributed by atoms with E-state index in [9.17, 15) is 16.8 Å². The molecule has 0 atom stereocenters. The van der Waals surface area contributed by atoms with E-state index in [2.05, 4.69) is 5.10 Å². The Labute approximate surface area is 137 Å². The van der Waals surface area contributed by atoms with Crippen molar-refractivity contribution in [3.63, 3.8) is 0 Å². The zero-order chi connectivity index (χ0) is 17.3. The molecule has 1 fully saturated rings. The molecule has 0 radical (unpaired) electrons. The Hall–Kier alpha value is -1.01. The molecule has 1 aliphatic rings. The summed E-state index contributed by atoms with van der Waals surface area (Å²) in [5, 5.41) is 3.88. The van der Waals surface area contributed by atoms with E-state index in [1.807, 2.05) is 0 Å². The van der Waals surface area contributed by atoms with E-state index >= 15 is 0 Å². The maximum atomic E-state index is 12.5. The molecule has 9 nitrogen and oxygen atoms in total. The van der Waals surface area contributed by atoms with E-state index in [0.29, 0.717) is 13.1 Å². The van der Waals surface area contributed by atoms with E-state index in [0.717, 1.165) is 0 Å². The molecule has 0 aliphatic carbocycles. The van der Waals surface area contributed by atoms with Crippen molar-refractivity contribution in [2.24, 2.45) is 7.05 Å². The Kier molecular flexibility index (Phi) is 5.46. The topological polar surface area (TPSA) is 95.8 Å². The summed E-state index contributed by atoms with van der Waals surface area (Å²) in [6.07, 6.45) is 2.74. The molecule has 1 saturated heterocycles. The van der Waals surface area contributed by atoms with E-state index in [-0.39, 0.29) is 31.1 Å². The summed E-state index contributed by atoms with van der Waals surface area (Å²) in [4.78, 5) is 0.125. The van der Waals surface area contributed by atoms with E-state index in [1.54, 1.807) is 20.9 Å². The number of aryl methyl sites for hydroxylation is 1. The molecule has 1 aromatic rings. The molecule has 0 bridgehead atoms. The van der Waals surface area contributed by atoms with Crippen molar-refractivity contribution in [1.29, 1.82) is 0 Å². The lowest BCUT2D eigenvalue weighted by Gasteiger charge is -2.35. The van der Waals surface area contributed by atoms with Crippen molar-refractivity contribution in [3.05, 3.63) is 12.4 Å². The number of nitrogens with zero attached hydrogens (tertiary/aromatic N) is 5. The fourth-order valence-corrected chi connectivity index (χ4v) is 5.55. The van der Waals surface area contributed by atoms with Gasteiger partial charge in [-0.2, -0.15) is 26.4 Å². The van der Waals surface area contributed by atoms with Crippen LogP contribution in [0.1, 0.15) is 13.8 Å². The summed E-state index contributed by atoms with van der Waals surface area (Å²) in [7, 11) is -5.51. The van der Waals surface area contributed by atoms with Gasteiger partial charge in [-0.25, -0.2) is 8.42 Å². The van der Waals surface area contributed by atoms with Crippen LogP contribution in [0.3, 0.4) is 0 Å². The summed E-state index contributed by atoms with van der Waals surface area (Å²) in [5.74, 6) is 0. The van der Waals surface area contributed by atoms with Crippen molar-refractivity contribution >= 4 is 20.2 Å². The zero-order valence-corrected chi connectivity index (χ0v) is 15.2. The summed E-state index contributed by atoms with van der Waals surface area (Å²) in [6.45, 7) is 4.93. The first-order chi connectivity index (χ1) is 10.7. The van der Waals surface area contributed by atoms with Crippen molar-refractivity contribution < 1.29 is 16.8 Å². The van der Waals surface area contributed by atoms with Crippen LogP contribution in [0.5, 0.6) is 0 Å². The average Bonchev–Trinajstić information content (AvgIpc) is 2.96. The smallest absolute Gasteiger partial charge is 0.274 e. The second kappa shape index (κ2) is 6.85. The Bertz CT molecular complexity index is 731. The number of hydrogen-bond donors (Lipinski definition) is 0. The Balaban J connectivity index is 2.10. The molecule has 0 aromatic carbocycles. The highest BCUT2D eigenvalue weighted by Crippen LogP contribution is 2.19. The van der Waals surface area contributed by atoms with Crippen LogP contribution in [0.2, 0.25) is 0 Å². The molecular formula is C12H23N5O4S2. The highest BCUT2D eigenvalue weighted by Gasteiger charge is 2.35. The molecule has 1 aliphatic heterocycles. The summed E-state index contributed by atoms with van der Waals surface area (Å²) < 4.78 is 55.3. The van der Waals surface area contributed by atoms with Gasteiger partial charge in [0.2, 0.25) is 10.0 Å². The highest BCUT2D eigenvalue weighted by atomic mass is 32.2. The second-order valence-electron chi connectivity index (χ2n) is 5.24. The SMILES string of the molecule is CCN(CC)S(=O)(=O)N1CCN(S(=O)(=O)c2cnn(C)c2)CC1. The molecule has 2 heterocycles. The molecule has 132 valence electrons. The number of aromatic nitrogens is 2. The molecule has 0 amide bonds. The molecule has 0 saturated carbocycles. The first-order valence-electron chi connectivity index (χ1n) is 7.47. The van der Waals surface area contributed by atoms with Gasteiger partial charge < -0.3 is 0 Å². The van der Waals surface area contributed by atoms with Gasteiger partial charge in [-0.3, -0.25) is 4.68 Å². The third-order valence-corrected chi connectivity index (χ3v) is 7.91. The van der Waals surface area contributed by atoms with Gasteiger partial charge in [-0.1, -0.05) is 13.8 Å². The van der Waals surface area contributed by atoms with Crippen molar-refractivity contribution in [1.82, 2.24) is 22.7 Å². The molecule has 0 unspecified atom stereocenters. The van der Waals surface area contributed by atoms with Crippen LogP contribution >= 0.6 is 0 Å². The summed E-state index contributed by atoms with van der Waals surface area (Å²) >= 11 is 0. The molecule has 0 N–H and O–H groups in total. The van der Waals surface area contributed by atoms with Crippen molar-refractivity contribution in [3.8, 4) is 0 Å². The quantitative estimate of drug-likeness (QED) is 0.665. The minimum atomic E-state index is -3.63. The summed E-state index contributed by atoms with van der Waals surface area (Å²) in [5.41, 5.74) is 0. The number of piperazine rings is 1. The lowest BCUT2D eigenvalue weighted by atomic mass is 10.4. The Morgan fingerprint density at radius 1 is 1.04 bits per heavy atom. The number of rotatable bonds is 6. The molecule has 23 heavy (non-hydrogen) atoms. The third kappa shape index (κ3) is 3.58. The van der Waals surface area contributed by atoms with Crippen LogP contribution in [0.15, 0.2) is 17.3 Å². The van der Waals surface area contributed by atoms with Gasteiger partial charge in [0, 0.05) is 52.5 Å². The van der Waals surface area contributed by atoms with Gasteiger partial charge >= 0.3 is 0 Å². The van der Waals surface area contributed by atoms with Crippen molar-refractivity contribution in [2.75, 3.05) is 39.3 Å². The van der Waals surface area contributed by atoms with Gasteiger partial charge in [0.15, 0.2) is 0 Å². The maximum absolute atomic E-state index is 12.5. The van der Waals surface area contributed by atoms with Crippen LogP contribution in [0.4, 0.5) is 0 Å². The monoisotopic (exact) mass is 365 g/mol. The van der Waals surface area contributed by atoms with E-state index < -0.39 is 20.2 Å². The normalized spacial score (nSPS) is 18.6. The first-order valence-corrected chi connectivity index (χ1v) is 10.3. The lowest BCUT2D eigenvalue weighted by molar-refractivity contribution is 0.256. The standard InChI is InChI=1S/C12H23N5O4S2/c1-4-15(5-2)23(20,21)17-8-6-16(7-9-17)22(18,19)12-10-13-14(3)11-12/h10-11H,4-9H2,1-3H3. The highest BCUT2D eigenvalue weighted by molar-refractivity contribution is 7.89. The van der Waals surface area contributed by atoms with Crippen LogP contribution in [0.25, 0.3) is 0 Å². The number of sulfonamides is 1. The van der Waals surface area contributed by atoms with E-state index in [1.165, 1.54) is 30.0 Å². The maximum Gasteiger partial charge on any atom is 0.282 e. The largest absolute Gasteiger partial charge is 0.282 e. The fraction of sp³-hybridized carbons (Fsp3) is 0.750. The van der Waals surface area contributed by atoms with E-state index in [4.69, 9.17) is 0 Å².